The zero-order chi connectivity index (χ0) is 11.6. The third-order valence-electron chi connectivity index (χ3n) is 3.66. The molecule has 0 bridgehead atoms. The molecular weight excluding hydrogens is 200 g/mol. The van der Waals surface area contributed by atoms with Crippen LogP contribution in [0.25, 0.3) is 0 Å². The first-order chi connectivity index (χ1) is 7.57. The zero-order valence-corrected chi connectivity index (χ0v) is 9.82. The number of hydrogen-bond acceptors (Lipinski definition) is 2. The van der Waals surface area contributed by atoms with Crippen LogP contribution < -0.4 is 0 Å². The first-order valence-corrected chi connectivity index (χ1v) is 6.08. The fourth-order valence-corrected chi connectivity index (χ4v) is 2.56. The highest BCUT2D eigenvalue weighted by Gasteiger charge is 2.26. The van der Waals surface area contributed by atoms with Gasteiger partial charge in [-0.1, -0.05) is 12.1 Å². The summed E-state index contributed by atoms with van der Waals surface area (Å²) in [6.07, 6.45) is 5.04. The summed E-state index contributed by atoms with van der Waals surface area (Å²) >= 11 is 0. The highest BCUT2D eigenvalue weighted by atomic mass is 16.3. The van der Waals surface area contributed by atoms with Crippen molar-refractivity contribution in [2.24, 2.45) is 0 Å². The number of aliphatic hydroxyl groups is 1. The molecule has 16 heavy (non-hydrogen) atoms. The second kappa shape index (κ2) is 4.46. The van der Waals surface area contributed by atoms with E-state index < -0.39 is 5.60 Å². The number of aromatic hydroxyl groups is 1. The summed E-state index contributed by atoms with van der Waals surface area (Å²) in [6, 6.07) is 7.50. The van der Waals surface area contributed by atoms with E-state index in [9.17, 15) is 10.2 Å². The molecule has 0 aliphatic heterocycles. The van der Waals surface area contributed by atoms with Crippen molar-refractivity contribution >= 4 is 0 Å². The first kappa shape index (κ1) is 11.5. The standard InChI is InChI=1S/C14H20O2/c1-14(16)9-2-3-11(8-10-14)12-4-6-13(15)7-5-12/h4-7,11,15-16H,2-3,8-10H2,1H3/t11-,14+/m1/s1. The van der Waals surface area contributed by atoms with Crippen molar-refractivity contribution in [3.63, 3.8) is 0 Å². The van der Waals surface area contributed by atoms with Crippen molar-refractivity contribution in [1.82, 2.24) is 0 Å². The van der Waals surface area contributed by atoms with Gasteiger partial charge in [0.15, 0.2) is 0 Å². The van der Waals surface area contributed by atoms with Gasteiger partial charge in [-0.3, -0.25) is 0 Å². The highest BCUT2D eigenvalue weighted by Crippen LogP contribution is 2.36. The van der Waals surface area contributed by atoms with Crippen LogP contribution in [0.4, 0.5) is 0 Å². The van der Waals surface area contributed by atoms with E-state index in [4.69, 9.17) is 0 Å². The minimum Gasteiger partial charge on any atom is -0.508 e. The largest absolute Gasteiger partial charge is 0.508 e. The van der Waals surface area contributed by atoms with Gasteiger partial charge < -0.3 is 10.2 Å². The van der Waals surface area contributed by atoms with Crippen LogP contribution in [-0.2, 0) is 0 Å². The maximum absolute atomic E-state index is 10.0. The van der Waals surface area contributed by atoms with Gasteiger partial charge in [0.2, 0.25) is 0 Å². The first-order valence-electron chi connectivity index (χ1n) is 6.08. The molecule has 2 nitrogen and oxygen atoms in total. The molecule has 1 aromatic rings. The van der Waals surface area contributed by atoms with Crippen LogP contribution in [0.1, 0.15) is 50.5 Å². The van der Waals surface area contributed by atoms with E-state index in [2.05, 4.69) is 0 Å². The maximum Gasteiger partial charge on any atom is 0.115 e. The lowest BCUT2D eigenvalue weighted by molar-refractivity contribution is 0.0440. The van der Waals surface area contributed by atoms with Crippen molar-refractivity contribution < 1.29 is 10.2 Å². The van der Waals surface area contributed by atoms with Crippen LogP contribution in [0.2, 0.25) is 0 Å². The fourth-order valence-electron chi connectivity index (χ4n) is 2.56. The van der Waals surface area contributed by atoms with Crippen LogP contribution in [0.5, 0.6) is 5.75 Å². The number of rotatable bonds is 1. The number of benzene rings is 1. The topological polar surface area (TPSA) is 40.5 Å². The van der Waals surface area contributed by atoms with Gasteiger partial charge in [-0.05, 0) is 62.6 Å². The molecule has 0 aromatic heterocycles. The van der Waals surface area contributed by atoms with Gasteiger partial charge in [0.05, 0.1) is 5.60 Å². The summed E-state index contributed by atoms with van der Waals surface area (Å²) in [6.45, 7) is 1.94. The number of phenolic OH excluding ortho intramolecular Hbond substituents is 1. The Morgan fingerprint density at radius 2 is 1.81 bits per heavy atom. The Balaban J connectivity index is 2.08. The Bertz CT molecular complexity index is 340. The van der Waals surface area contributed by atoms with Crippen molar-refractivity contribution in [3.8, 4) is 5.75 Å². The molecular formula is C14H20O2. The molecule has 1 saturated carbocycles. The molecule has 2 heteroatoms. The van der Waals surface area contributed by atoms with E-state index in [1.807, 2.05) is 19.1 Å². The van der Waals surface area contributed by atoms with E-state index in [1.165, 1.54) is 5.56 Å². The molecule has 1 aliphatic carbocycles. The third kappa shape index (κ3) is 2.76. The van der Waals surface area contributed by atoms with Gasteiger partial charge >= 0.3 is 0 Å². The van der Waals surface area contributed by atoms with Gasteiger partial charge in [-0.25, -0.2) is 0 Å². The van der Waals surface area contributed by atoms with Crippen molar-refractivity contribution in [2.75, 3.05) is 0 Å². The fraction of sp³-hybridized carbons (Fsp3) is 0.571. The molecule has 0 amide bonds. The molecule has 2 N–H and O–H groups in total. The molecule has 2 rings (SSSR count). The van der Waals surface area contributed by atoms with Crippen LogP contribution >= 0.6 is 0 Å². The van der Waals surface area contributed by atoms with Gasteiger partial charge in [-0.15, -0.1) is 0 Å². The van der Waals surface area contributed by atoms with Crippen molar-refractivity contribution in [2.45, 2.75) is 50.5 Å². The number of hydrogen-bond donors (Lipinski definition) is 2. The van der Waals surface area contributed by atoms with E-state index in [-0.39, 0.29) is 0 Å². The second-order valence-electron chi connectivity index (χ2n) is 5.22. The Morgan fingerprint density at radius 3 is 2.50 bits per heavy atom. The van der Waals surface area contributed by atoms with Gasteiger partial charge in [0, 0.05) is 0 Å². The number of phenols is 1. The lowest BCUT2D eigenvalue weighted by Crippen LogP contribution is -2.22. The van der Waals surface area contributed by atoms with E-state index in [0.29, 0.717) is 11.7 Å². The van der Waals surface area contributed by atoms with Crippen molar-refractivity contribution in [1.29, 1.82) is 0 Å². The van der Waals surface area contributed by atoms with E-state index in [0.717, 1.165) is 32.1 Å². The highest BCUT2D eigenvalue weighted by molar-refractivity contribution is 5.28. The molecule has 0 heterocycles. The normalized spacial score (nSPS) is 31.0. The summed E-state index contributed by atoms with van der Waals surface area (Å²) in [5, 5.41) is 19.3. The Morgan fingerprint density at radius 1 is 1.12 bits per heavy atom. The predicted octanol–water partition coefficient (Wildman–Crippen LogP) is 3.19. The zero-order valence-electron chi connectivity index (χ0n) is 9.82. The molecule has 0 spiro atoms. The summed E-state index contributed by atoms with van der Waals surface area (Å²) in [7, 11) is 0. The molecule has 1 aliphatic rings. The minimum absolute atomic E-state index is 0.323. The van der Waals surface area contributed by atoms with Gasteiger partial charge in [-0.2, -0.15) is 0 Å². The maximum atomic E-state index is 10.0. The summed E-state index contributed by atoms with van der Waals surface area (Å²) in [5.74, 6) is 0.860. The molecule has 2 atom stereocenters. The minimum atomic E-state index is -0.480. The van der Waals surface area contributed by atoms with E-state index in [1.54, 1.807) is 12.1 Å². The summed E-state index contributed by atoms with van der Waals surface area (Å²) < 4.78 is 0. The molecule has 0 saturated heterocycles. The Labute approximate surface area is 96.9 Å². The molecule has 0 radical (unpaired) electrons. The van der Waals surface area contributed by atoms with Crippen LogP contribution in [-0.4, -0.2) is 15.8 Å². The molecule has 88 valence electrons. The monoisotopic (exact) mass is 220 g/mol. The quantitative estimate of drug-likeness (QED) is 0.713. The summed E-state index contributed by atoms with van der Waals surface area (Å²) in [4.78, 5) is 0. The van der Waals surface area contributed by atoms with Gasteiger partial charge in [0.25, 0.3) is 0 Å². The predicted molar refractivity (Wildman–Crippen MR) is 64.6 cm³/mol. The smallest absolute Gasteiger partial charge is 0.115 e. The molecule has 1 aromatic carbocycles. The van der Waals surface area contributed by atoms with E-state index >= 15 is 0 Å². The average Bonchev–Trinajstić information content (AvgIpc) is 2.41. The molecule has 1 fully saturated rings. The van der Waals surface area contributed by atoms with Crippen LogP contribution in [0.15, 0.2) is 24.3 Å². The lowest BCUT2D eigenvalue weighted by atomic mass is 9.91. The lowest BCUT2D eigenvalue weighted by Gasteiger charge is -2.20. The Hall–Kier alpha value is -1.02. The van der Waals surface area contributed by atoms with Crippen molar-refractivity contribution in [3.05, 3.63) is 29.8 Å². The van der Waals surface area contributed by atoms with Gasteiger partial charge in [0.1, 0.15) is 5.75 Å². The third-order valence-corrected chi connectivity index (χ3v) is 3.66. The summed E-state index contributed by atoms with van der Waals surface area (Å²) in [5.41, 5.74) is 0.807. The average molecular weight is 220 g/mol. The SMILES string of the molecule is C[C@]1(O)CCC[C@@H](c2ccc(O)cc2)CC1. The van der Waals surface area contributed by atoms with Crippen LogP contribution in [0, 0.1) is 0 Å². The second-order valence-corrected chi connectivity index (χ2v) is 5.22. The Kier molecular flexibility index (Phi) is 3.20. The molecule has 0 unspecified atom stereocenters. The van der Waals surface area contributed by atoms with Crippen LogP contribution in [0.3, 0.4) is 0 Å².